The molecule has 92 valence electrons. The van der Waals surface area contributed by atoms with Crippen LogP contribution in [0.5, 0.6) is 0 Å². The molecule has 0 fully saturated rings. The highest BCUT2D eigenvalue weighted by Crippen LogP contribution is 2.28. The number of rotatable bonds is 5. The van der Waals surface area contributed by atoms with Gasteiger partial charge in [-0.15, -0.1) is 0 Å². The minimum Gasteiger partial charge on any atom is -0.308 e. The number of alkyl halides is 3. The number of hydrogen-bond acceptors (Lipinski definition) is 2. The second-order valence-corrected chi connectivity index (χ2v) is 3.74. The van der Waals surface area contributed by atoms with Crippen LogP contribution in [0.2, 0.25) is 0 Å². The molecule has 0 spiro atoms. The van der Waals surface area contributed by atoms with Crippen LogP contribution in [0.4, 0.5) is 13.2 Å². The van der Waals surface area contributed by atoms with E-state index in [-0.39, 0.29) is 0 Å². The van der Waals surface area contributed by atoms with E-state index in [9.17, 15) is 13.2 Å². The van der Waals surface area contributed by atoms with E-state index in [4.69, 9.17) is 0 Å². The van der Waals surface area contributed by atoms with Gasteiger partial charge in [0.25, 0.3) is 0 Å². The van der Waals surface area contributed by atoms with E-state index in [1.165, 1.54) is 4.68 Å². The summed E-state index contributed by atoms with van der Waals surface area (Å²) in [4.78, 5) is 0. The maximum atomic E-state index is 12.4. The van der Waals surface area contributed by atoms with Crippen LogP contribution in [0.3, 0.4) is 0 Å². The Balaban J connectivity index is 2.71. The normalized spacial score (nSPS) is 14.1. The van der Waals surface area contributed by atoms with Crippen molar-refractivity contribution in [2.24, 2.45) is 7.05 Å². The zero-order chi connectivity index (χ0) is 12.2. The van der Waals surface area contributed by atoms with Crippen LogP contribution in [0, 0.1) is 0 Å². The van der Waals surface area contributed by atoms with Gasteiger partial charge in [-0.1, -0.05) is 6.92 Å². The van der Waals surface area contributed by atoms with E-state index in [1.807, 2.05) is 6.92 Å². The Morgan fingerprint density at radius 1 is 1.50 bits per heavy atom. The van der Waals surface area contributed by atoms with Crippen molar-refractivity contribution in [1.82, 2.24) is 15.1 Å². The second kappa shape index (κ2) is 5.34. The maximum absolute atomic E-state index is 12.4. The van der Waals surface area contributed by atoms with E-state index in [0.717, 1.165) is 6.42 Å². The average Bonchev–Trinajstić information content (AvgIpc) is 2.57. The quantitative estimate of drug-likeness (QED) is 0.849. The summed E-state index contributed by atoms with van der Waals surface area (Å²) in [6.45, 7) is 2.47. The molecule has 16 heavy (non-hydrogen) atoms. The fourth-order valence-electron chi connectivity index (χ4n) is 1.45. The summed E-state index contributed by atoms with van der Waals surface area (Å²) >= 11 is 0. The van der Waals surface area contributed by atoms with Crippen LogP contribution in [0.1, 0.15) is 31.5 Å². The van der Waals surface area contributed by atoms with Crippen LogP contribution >= 0.6 is 0 Å². The molecule has 1 atom stereocenters. The van der Waals surface area contributed by atoms with Crippen LogP contribution < -0.4 is 5.32 Å². The van der Waals surface area contributed by atoms with Crippen LogP contribution in [-0.4, -0.2) is 22.5 Å². The standard InChI is InChI=1S/C10H16F3N3/c1-3-5-14-9(7-10(11,12)13)8-4-6-16(2)15-8/h4,6,9,14H,3,5,7H2,1-2H3. The summed E-state index contributed by atoms with van der Waals surface area (Å²) in [5.41, 5.74) is 0.438. The van der Waals surface area contributed by atoms with Gasteiger partial charge < -0.3 is 5.32 Å². The predicted octanol–water partition coefficient (Wildman–Crippen LogP) is 2.41. The molecule has 0 aliphatic heterocycles. The smallest absolute Gasteiger partial charge is 0.308 e. The molecule has 0 saturated carbocycles. The lowest BCUT2D eigenvalue weighted by molar-refractivity contribution is -0.140. The van der Waals surface area contributed by atoms with Gasteiger partial charge >= 0.3 is 6.18 Å². The van der Waals surface area contributed by atoms with Gasteiger partial charge in [0.05, 0.1) is 18.2 Å². The minimum absolute atomic E-state index is 0.438. The number of hydrogen-bond donors (Lipinski definition) is 1. The summed E-state index contributed by atoms with van der Waals surface area (Å²) < 4.78 is 38.6. The molecule has 1 aromatic heterocycles. The number of nitrogens with one attached hydrogen (secondary N) is 1. The van der Waals surface area contributed by atoms with Gasteiger partial charge in [0.15, 0.2) is 0 Å². The van der Waals surface area contributed by atoms with E-state index >= 15 is 0 Å². The summed E-state index contributed by atoms with van der Waals surface area (Å²) in [5.74, 6) is 0. The number of aryl methyl sites for hydroxylation is 1. The third-order valence-corrected chi connectivity index (χ3v) is 2.17. The molecule has 0 amide bonds. The molecule has 0 aliphatic carbocycles. The summed E-state index contributed by atoms with van der Waals surface area (Å²) in [7, 11) is 1.69. The average molecular weight is 235 g/mol. The highest BCUT2D eigenvalue weighted by Gasteiger charge is 2.33. The fourth-order valence-corrected chi connectivity index (χ4v) is 1.45. The van der Waals surface area contributed by atoms with Crippen LogP contribution in [-0.2, 0) is 7.05 Å². The third kappa shape index (κ3) is 4.22. The molecule has 0 aromatic carbocycles. The summed E-state index contributed by atoms with van der Waals surface area (Å²) in [6, 6.07) is 0.861. The van der Waals surface area contributed by atoms with E-state index in [0.29, 0.717) is 12.2 Å². The van der Waals surface area contributed by atoms with Gasteiger partial charge in [0.1, 0.15) is 0 Å². The highest BCUT2D eigenvalue weighted by atomic mass is 19.4. The molecule has 0 radical (unpaired) electrons. The molecular formula is C10H16F3N3. The molecule has 0 saturated heterocycles. The Bertz CT molecular complexity index is 319. The Hall–Kier alpha value is -1.04. The maximum Gasteiger partial charge on any atom is 0.390 e. The lowest BCUT2D eigenvalue weighted by Gasteiger charge is -2.18. The Morgan fingerprint density at radius 3 is 2.62 bits per heavy atom. The van der Waals surface area contributed by atoms with Gasteiger partial charge in [0, 0.05) is 13.2 Å². The SMILES string of the molecule is CCCNC(CC(F)(F)F)c1ccn(C)n1. The number of nitrogens with zero attached hydrogens (tertiary/aromatic N) is 2. The lowest BCUT2D eigenvalue weighted by Crippen LogP contribution is -2.27. The molecule has 1 rings (SSSR count). The Labute approximate surface area is 92.6 Å². The van der Waals surface area contributed by atoms with Crippen LogP contribution in [0.15, 0.2) is 12.3 Å². The van der Waals surface area contributed by atoms with Gasteiger partial charge in [0.2, 0.25) is 0 Å². The molecule has 3 nitrogen and oxygen atoms in total. The molecule has 1 aromatic rings. The minimum atomic E-state index is -4.18. The molecule has 1 unspecified atom stereocenters. The number of aromatic nitrogens is 2. The van der Waals surface area contributed by atoms with Crippen molar-refractivity contribution >= 4 is 0 Å². The molecule has 1 heterocycles. The summed E-state index contributed by atoms with van der Waals surface area (Å²) in [5, 5.41) is 6.86. The largest absolute Gasteiger partial charge is 0.390 e. The van der Waals surface area contributed by atoms with Crippen molar-refractivity contribution in [3.63, 3.8) is 0 Å². The van der Waals surface area contributed by atoms with Crippen molar-refractivity contribution in [2.45, 2.75) is 32.0 Å². The first-order chi connectivity index (χ1) is 7.42. The van der Waals surface area contributed by atoms with Gasteiger partial charge in [-0.2, -0.15) is 18.3 Å². The molecule has 0 aliphatic rings. The van der Waals surface area contributed by atoms with E-state index in [1.54, 1.807) is 19.3 Å². The third-order valence-electron chi connectivity index (χ3n) is 2.17. The Kier molecular flexibility index (Phi) is 4.35. The molecule has 0 bridgehead atoms. The van der Waals surface area contributed by atoms with Crippen molar-refractivity contribution < 1.29 is 13.2 Å². The van der Waals surface area contributed by atoms with Crippen molar-refractivity contribution in [3.8, 4) is 0 Å². The Morgan fingerprint density at radius 2 is 2.19 bits per heavy atom. The van der Waals surface area contributed by atoms with Gasteiger partial charge in [-0.05, 0) is 19.0 Å². The van der Waals surface area contributed by atoms with Crippen molar-refractivity contribution in [1.29, 1.82) is 0 Å². The topological polar surface area (TPSA) is 29.9 Å². The first-order valence-electron chi connectivity index (χ1n) is 5.22. The molecule has 6 heteroatoms. The monoisotopic (exact) mass is 235 g/mol. The van der Waals surface area contributed by atoms with Gasteiger partial charge in [-0.3, -0.25) is 4.68 Å². The lowest BCUT2D eigenvalue weighted by atomic mass is 10.1. The molecular weight excluding hydrogens is 219 g/mol. The highest BCUT2D eigenvalue weighted by molar-refractivity contribution is 5.05. The van der Waals surface area contributed by atoms with Crippen LogP contribution in [0.25, 0.3) is 0 Å². The van der Waals surface area contributed by atoms with E-state index < -0.39 is 18.6 Å². The van der Waals surface area contributed by atoms with Crippen molar-refractivity contribution in [3.05, 3.63) is 18.0 Å². The first kappa shape index (κ1) is 13.0. The second-order valence-electron chi connectivity index (χ2n) is 3.74. The van der Waals surface area contributed by atoms with Gasteiger partial charge in [-0.25, -0.2) is 0 Å². The van der Waals surface area contributed by atoms with Crippen molar-refractivity contribution in [2.75, 3.05) is 6.54 Å². The fraction of sp³-hybridized carbons (Fsp3) is 0.700. The molecule has 1 N–H and O–H groups in total. The zero-order valence-corrected chi connectivity index (χ0v) is 9.38. The zero-order valence-electron chi connectivity index (χ0n) is 9.38. The first-order valence-corrected chi connectivity index (χ1v) is 5.22. The summed E-state index contributed by atoms with van der Waals surface area (Å²) in [6.07, 6.45) is -2.62. The predicted molar refractivity (Wildman–Crippen MR) is 54.9 cm³/mol. The van der Waals surface area contributed by atoms with E-state index in [2.05, 4.69) is 10.4 Å². The number of halogens is 3.